The molecule has 1 aromatic rings. The van der Waals surface area contributed by atoms with Crippen LogP contribution in [-0.2, 0) is 0 Å². The van der Waals surface area contributed by atoms with Crippen molar-refractivity contribution in [3.63, 3.8) is 0 Å². The molecule has 0 saturated carbocycles. The van der Waals surface area contributed by atoms with E-state index in [2.05, 4.69) is 44.1 Å². The fraction of sp³-hybridized carbons (Fsp3) is 0.706. The van der Waals surface area contributed by atoms with E-state index in [9.17, 15) is 0 Å². The van der Waals surface area contributed by atoms with Crippen molar-refractivity contribution in [3.05, 3.63) is 24.0 Å². The number of hydrogen-bond acceptors (Lipinski definition) is 3. The van der Waals surface area contributed by atoms with Crippen LogP contribution in [0.25, 0.3) is 0 Å². The van der Waals surface area contributed by atoms with E-state index in [1.54, 1.807) is 0 Å². The monoisotopic (exact) mass is 278 g/mol. The summed E-state index contributed by atoms with van der Waals surface area (Å²) in [5.74, 6) is 1.48. The van der Waals surface area contributed by atoms with Gasteiger partial charge in [-0.05, 0) is 43.9 Å². The molecule has 2 atom stereocenters. The van der Waals surface area contributed by atoms with Gasteiger partial charge in [0.15, 0.2) is 0 Å². The molecule has 3 heteroatoms. The van der Waals surface area contributed by atoms with Crippen LogP contribution in [-0.4, -0.2) is 18.1 Å². The smallest absolute Gasteiger partial charge is 0.137 e. The van der Waals surface area contributed by atoms with Crippen molar-refractivity contribution >= 4 is 0 Å². The van der Waals surface area contributed by atoms with Crippen LogP contribution in [0.2, 0.25) is 0 Å². The summed E-state index contributed by atoms with van der Waals surface area (Å²) in [6.07, 6.45) is 6.48. The normalized spacial score (nSPS) is 14.0. The highest BCUT2D eigenvalue weighted by molar-refractivity contribution is 5.21. The third-order valence-corrected chi connectivity index (χ3v) is 3.48. The van der Waals surface area contributed by atoms with Crippen LogP contribution in [0, 0.1) is 5.92 Å². The molecule has 114 valence electrons. The molecule has 20 heavy (non-hydrogen) atoms. The molecule has 0 aromatic carbocycles. The lowest BCUT2D eigenvalue weighted by Crippen LogP contribution is -2.22. The predicted molar refractivity (Wildman–Crippen MR) is 85.1 cm³/mol. The molecule has 0 saturated heterocycles. The van der Waals surface area contributed by atoms with Crippen molar-refractivity contribution in [2.24, 2.45) is 5.92 Å². The van der Waals surface area contributed by atoms with Crippen LogP contribution in [0.1, 0.15) is 65.1 Å². The average molecular weight is 278 g/mol. The van der Waals surface area contributed by atoms with Gasteiger partial charge in [-0.1, -0.05) is 34.1 Å². The van der Waals surface area contributed by atoms with E-state index in [1.165, 1.54) is 12.8 Å². The molecular weight excluding hydrogens is 248 g/mol. The van der Waals surface area contributed by atoms with Crippen LogP contribution >= 0.6 is 0 Å². The van der Waals surface area contributed by atoms with Crippen molar-refractivity contribution < 1.29 is 4.74 Å². The number of ether oxygens (including phenoxy) is 1. The van der Waals surface area contributed by atoms with Gasteiger partial charge in [0.2, 0.25) is 0 Å². The van der Waals surface area contributed by atoms with E-state index in [4.69, 9.17) is 4.74 Å². The zero-order valence-electron chi connectivity index (χ0n) is 13.5. The molecule has 1 heterocycles. The molecule has 0 bridgehead atoms. The molecule has 0 radical (unpaired) electrons. The Hall–Kier alpha value is -1.09. The minimum Gasteiger partial charge on any atom is -0.492 e. The Bertz CT molecular complexity index is 351. The molecule has 3 nitrogen and oxygen atoms in total. The Kier molecular flexibility index (Phi) is 8.28. The first-order valence-corrected chi connectivity index (χ1v) is 8.03. The van der Waals surface area contributed by atoms with Gasteiger partial charge in [-0.3, -0.25) is 4.98 Å². The summed E-state index contributed by atoms with van der Waals surface area (Å²) >= 11 is 0. The van der Waals surface area contributed by atoms with Crippen LogP contribution in [0.3, 0.4) is 0 Å². The first-order valence-electron chi connectivity index (χ1n) is 8.03. The topological polar surface area (TPSA) is 34.1 Å². The standard InChI is InChI=1S/C17H30N2O/c1-5-8-14(4)13-20-15-9-10-17(19-12-15)16(7-3)18-11-6-2/h9-10,12,14,16,18H,5-8,11,13H2,1-4H3. The van der Waals surface area contributed by atoms with E-state index >= 15 is 0 Å². The molecule has 0 spiro atoms. The number of nitrogens with one attached hydrogen (secondary N) is 1. The van der Waals surface area contributed by atoms with E-state index in [0.717, 1.165) is 37.4 Å². The van der Waals surface area contributed by atoms with Crippen molar-refractivity contribution in [1.82, 2.24) is 10.3 Å². The van der Waals surface area contributed by atoms with Gasteiger partial charge in [-0.15, -0.1) is 0 Å². The van der Waals surface area contributed by atoms with Gasteiger partial charge in [-0.2, -0.15) is 0 Å². The summed E-state index contributed by atoms with van der Waals surface area (Å²) in [4.78, 5) is 4.54. The molecule has 1 N–H and O–H groups in total. The van der Waals surface area contributed by atoms with Crippen molar-refractivity contribution in [1.29, 1.82) is 0 Å². The lowest BCUT2D eigenvalue weighted by molar-refractivity contribution is 0.250. The second-order valence-corrected chi connectivity index (χ2v) is 5.54. The molecule has 0 aliphatic rings. The fourth-order valence-electron chi connectivity index (χ4n) is 2.27. The molecule has 1 rings (SSSR count). The Labute approximate surface area is 124 Å². The predicted octanol–water partition coefficient (Wildman–Crippen LogP) is 4.35. The van der Waals surface area contributed by atoms with Gasteiger partial charge in [-0.25, -0.2) is 0 Å². The Morgan fingerprint density at radius 2 is 2.00 bits per heavy atom. The van der Waals surface area contributed by atoms with E-state index in [-0.39, 0.29) is 0 Å². The lowest BCUT2D eigenvalue weighted by atomic mass is 10.1. The van der Waals surface area contributed by atoms with Crippen molar-refractivity contribution in [2.45, 2.75) is 59.4 Å². The Morgan fingerprint density at radius 3 is 2.55 bits per heavy atom. The molecular formula is C17H30N2O. The maximum absolute atomic E-state index is 5.79. The number of pyridine rings is 1. The number of nitrogens with zero attached hydrogens (tertiary/aromatic N) is 1. The van der Waals surface area contributed by atoms with Crippen LogP contribution in [0.5, 0.6) is 5.75 Å². The number of hydrogen-bond donors (Lipinski definition) is 1. The quantitative estimate of drug-likeness (QED) is 0.691. The fourth-order valence-corrected chi connectivity index (χ4v) is 2.27. The highest BCUT2D eigenvalue weighted by Gasteiger charge is 2.09. The summed E-state index contributed by atoms with van der Waals surface area (Å²) in [5, 5.41) is 3.52. The maximum Gasteiger partial charge on any atom is 0.137 e. The summed E-state index contributed by atoms with van der Waals surface area (Å²) < 4.78 is 5.79. The zero-order valence-corrected chi connectivity index (χ0v) is 13.5. The third-order valence-electron chi connectivity index (χ3n) is 3.48. The second kappa shape index (κ2) is 9.76. The first-order chi connectivity index (χ1) is 9.71. The molecule has 2 unspecified atom stereocenters. The highest BCUT2D eigenvalue weighted by atomic mass is 16.5. The molecule has 0 aliphatic heterocycles. The number of rotatable bonds is 10. The van der Waals surface area contributed by atoms with E-state index in [1.807, 2.05) is 12.3 Å². The summed E-state index contributed by atoms with van der Waals surface area (Å²) in [7, 11) is 0. The zero-order chi connectivity index (χ0) is 14.8. The van der Waals surface area contributed by atoms with E-state index in [0.29, 0.717) is 12.0 Å². The third kappa shape index (κ3) is 5.91. The Morgan fingerprint density at radius 1 is 1.20 bits per heavy atom. The second-order valence-electron chi connectivity index (χ2n) is 5.54. The minimum atomic E-state index is 0.350. The molecule has 0 aliphatic carbocycles. The summed E-state index contributed by atoms with van der Waals surface area (Å²) in [6.45, 7) is 10.6. The van der Waals surface area contributed by atoms with E-state index < -0.39 is 0 Å². The molecule has 1 aromatic heterocycles. The van der Waals surface area contributed by atoms with Gasteiger partial charge in [0, 0.05) is 6.04 Å². The van der Waals surface area contributed by atoms with Crippen LogP contribution < -0.4 is 10.1 Å². The first kappa shape index (κ1) is 17.0. The molecule has 0 amide bonds. The highest BCUT2D eigenvalue weighted by Crippen LogP contribution is 2.18. The van der Waals surface area contributed by atoms with Gasteiger partial charge >= 0.3 is 0 Å². The van der Waals surface area contributed by atoms with Gasteiger partial charge in [0.05, 0.1) is 18.5 Å². The van der Waals surface area contributed by atoms with Crippen LogP contribution in [0.4, 0.5) is 0 Å². The Balaban J connectivity index is 2.50. The van der Waals surface area contributed by atoms with Crippen molar-refractivity contribution in [3.8, 4) is 5.75 Å². The lowest BCUT2D eigenvalue weighted by Gasteiger charge is -2.17. The van der Waals surface area contributed by atoms with Crippen molar-refractivity contribution in [2.75, 3.05) is 13.2 Å². The van der Waals surface area contributed by atoms with Gasteiger partial charge in [0.25, 0.3) is 0 Å². The summed E-state index contributed by atoms with van der Waals surface area (Å²) in [6, 6.07) is 4.47. The van der Waals surface area contributed by atoms with Gasteiger partial charge in [0.1, 0.15) is 5.75 Å². The SMILES string of the molecule is CCCNC(CC)c1ccc(OCC(C)CCC)cn1. The van der Waals surface area contributed by atoms with Gasteiger partial charge < -0.3 is 10.1 Å². The minimum absolute atomic E-state index is 0.350. The molecule has 0 fully saturated rings. The summed E-state index contributed by atoms with van der Waals surface area (Å²) in [5.41, 5.74) is 1.11. The average Bonchev–Trinajstić information content (AvgIpc) is 2.47. The largest absolute Gasteiger partial charge is 0.492 e. The van der Waals surface area contributed by atoms with Crippen LogP contribution in [0.15, 0.2) is 18.3 Å². The maximum atomic E-state index is 5.79. The number of aromatic nitrogens is 1.